The molecule has 0 saturated heterocycles. The number of aliphatic carboxylic acids is 1. The molecule has 4 atom stereocenters. The lowest BCUT2D eigenvalue weighted by Gasteiger charge is -2.22. The second kappa shape index (κ2) is 38.3. The van der Waals surface area contributed by atoms with Gasteiger partial charge in [-0.05, 0) is 120 Å². The van der Waals surface area contributed by atoms with Crippen molar-refractivity contribution in [3.63, 3.8) is 0 Å². The number of nitrogens with two attached hydrogens (primary N) is 3. The van der Waals surface area contributed by atoms with Gasteiger partial charge in [-0.15, -0.1) is 0 Å². The van der Waals surface area contributed by atoms with Crippen LogP contribution in [0.2, 0.25) is 0 Å². The number of ether oxygens (including phenoxy) is 2. The number of aromatic nitrogens is 10. The van der Waals surface area contributed by atoms with E-state index in [1.807, 2.05) is 68.9 Å². The fraction of sp³-hybridized carbons (Fsp3) is 0.463. The molecule has 0 bridgehead atoms. The summed E-state index contributed by atoms with van der Waals surface area (Å²) in [5.74, 6) is -2.41. The van der Waals surface area contributed by atoms with Crippen molar-refractivity contribution in [2.24, 2.45) is 11.7 Å². The van der Waals surface area contributed by atoms with Gasteiger partial charge < -0.3 is 85.2 Å². The topological polar surface area (TPSA) is 458 Å². The maximum absolute atomic E-state index is 13.1. The van der Waals surface area contributed by atoms with E-state index in [0.717, 1.165) is 22.7 Å². The number of carboxylic acid groups (broad SMARTS) is 2. The summed E-state index contributed by atoms with van der Waals surface area (Å²) in [7, 11) is 13.9. The molecule has 100 heavy (non-hydrogen) atoms. The fourth-order valence-electron chi connectivity index (χ4n) is 8.38. The minimum Gasteiger partial charge on any atom is -0.481 e. The number of alkyl carbamates (subject to hydrolysis) is 2. The quantitative estimate of drug-likeness (QED) is 0.0386. The third-order valence-electron chi connectivity index (χ3n) is 13.0. The number of Topliss-reactive ketones (excluding diaryl/α,β-unsaturated/α-hetero) is 1. The fourth-order valence-corrected chi connectivity index (χ4v) is 8.38. The van der Waals surface area contributed by atoms with E-state index in [4.69, 9.17) is 40.6 Å². The van der Waals surface area contributed by atoms with Gasteiger partial charge in [0.25, 0.3) is 0 Å². The van der Waals surface area contributed by atoms with Crippen LogP contribution in [0.4, 0.5) is 21.2 Å². The number of anilines is 2. The molecule has 0 aromatic carbocycles. The molecule has 0 saturated carbocycles. The number of pyridine rings is 2. The van der Waals surface area contributed by atoms with Gasteiger partial charge in [0.05, 0.1) is 18.8 Å². The van der Waals surface area contributed by atoms with E-state index in [-0.39, 0.29) is 108 Å². The first-order valence-electron chi connectivity index (χ1n) is 31.5. The predicted molar refractivity (Wildman–Crippen MR) is 375 cm³/mol. The van der Waals surface area contributed by atoms with Crippen LogP contribution in [0.5, 0.6) is 0 Å². The normalized spacial score (nSPS) is 12.0. The molecule has 8 aromatic rings. The van der Waals surface area contributed by atoms with E-state index < -0.39 is 41.4 Å². The Balaban J connectivity index is 0.000000344. The Morgan fingerprint density at radius 3 is 1.28 bits per heavy atom. The molecule has 5 amide bonds. The van der Waals surface area contributed by atoms with E-state index in [0.29, 0.717) is 34.6 Å². The summed E-state index contributed by atoms with van der Waals surface area (Å²) in [6.07, 6.45) is 12.9. The molecule has 0 aliphatic heterocycles. The van der Waals surface area contributed by atoms with Crippen LogP contribution in [-0.2, 0) is 28.7 Å². The smallest absolute Gasteiger partial charge is 0.407 e. The second-order valence-corrected chi connectivity index (χ2v) is 25.8. The van der Waals surface area contributed by atoms with Crippen LogP contribution < -0.4 is 33.2 Å². The number of carboxylic acids is 2. The molecule has 33 nitrogen and oxygen atoms in total. The number of carbonyl (C=O) groups excluding carboxylic acids is 6. The number of carbonyl (C=O) groups is 8. The molecule has 8 aromatic heterocycles. The molecule has 8 heterocycles. The number of aryl methyl sites for hydroxylation is 2. The zero-order valence-corrected chi connectivity index (χ0v) is 60.6. The summed E-state index contributed by atoms with van der Waals surface area (Å²) in [5, 5.41) is 25.5. The number of nitrogen functional groups attached to an aromatic ring is 2. The van der Waals surface area contributed by atoms with Gasteiger partial charge in [-0.2, -0.15) is 0 Å². The number of aromatic carboxylic acids is 1. The van der Waals surface area contributed by atoms with Crippen molar-refractivity contribution in [3.05, 3.63) is 96.7 Å². The van der Waals surface area contributed by atoms with Crippen molar-refractivity contribution in [3.8, 4) is 45.7 Å². The molecule has 33 heteroatoms. The highest BCUT2D eigenvalue weighted by molar-refractivity contribution is 6.00. The van der Waals surface area contributed by atoms with Crippen molar-refractivity contribution in [2.45, 2.75) is 145 Å². The monoisotopic (exact) mass is 1390 g/mol. The zero-order valence-electron chi connectivity index (χ0n) is 60.6. The van der Waals surface area contributed by atoms with Gasteiger partial charge in [0.1, 0.15) is 52.1 Å². The SMILES string of the molecule is CNC.C[C@@H](N)CC(=O)N(C)C.C[C@H](CC(=O)N(C)C)NC(=O)OC(C)(C)C.C[C@H](CC(=O)O)NC(=O)OC(C)(C)C.Cc1cnc2ccc(-c3nc(C(=O)C[C@H](C)CC(=O)N(C)C)c(N)nc3-c3ncco3)cn12.Cc1cnc2ccc(-c3nc(C(=O)O)c(N)nc3-c3ncco3)cn12. The molecule has 0 aliphatic rings. The molecule has 0 radical (unpaired) electrons. The number of hydrogen-bond acceptors (Lipinski definition) is 24. The Morgan fingerprint density at radius 1 is 0.550 bits per heavy atom. The number of ketones is 1. The average Bonchev–Trinajstić information content (AvgIpc) is 1.36. The number of hydrogen-bond donors (Lipinski definition) is 8. The maximum Gasteiger partial charge on any atom is 0.407 e. The van der Waals surface area contributed by atoms with Crippen molar-refractivity contribution in [1.82, 2.24) is 79.3 Å². The number of fused-ring (bicyclic) bond motifs is 2. The summed E-state index contributed by atoms with van der Waals surface area (Å²) in [6.45, 7) is 21.5. The van der Waals surface area contributed by atoms with Crippen LogP contribution in [-0.4, -0.2) is 207 Å². The molecule has 544 valence electrons. The van der Waals surface area contributed by atoms with Gasteiger partial charge >= 0.3 is 24.1 Å². The molecule has 0 unspecified atom stereocenters. The Hall–Kier alpha value is -11.0. The Morgan fingerprint density at radius 2 is 0.930 bits per heavy atom. The number of rotatable bonds is 18. The van der Waals surface area contributed by atoms with Crippen LogP contribution >= 0.6 is 0 Å². The van der Waals surface area contributed by atoms with Gasteiger partial charge in [0, 0.05) is 133 Å². The summed E-state index contributed by atoms with van der Waals surface area (Å²) in [4.78, 5) is 130. The van der Waals surface area contributed by atoms with Crippen LogP contribution in [0, 0.1) is 19.8 Å². The first kappa shape index (κ1) is 83.3. The Bertz CT molecular complexity index is 4020. The molecule has 0 spiro atoms. The summed E-state index contributed by atoms with van der Waals surface area (Å²) in [5.41, 5.74) is 22.0. The average molecular weight is 1390 g/mol. The van der Waals surface area contributed by atoms with E-state index in [2.05, 4.69) is 55.8 Å². The standard InChI is InChI=1S/C23H25N7O3.C16H12N6O3.C11H22N2O3.C9H17NO4.C6H14N2O.C2H7N/c1-13(10-18(32)29(3)4)9-16(31)20-22(24)28-21(23-25-7-8-33-23)19(27-20)15-5-6-17-26-11-14(2)30(17)12-15;1-8-6-19-10-3-2-9(7-22(8)10)11-12(15-18-4-5-25-15)21-14(17)13(20-11)16(23)24;1-8(7-9(14)13(5)6)12-10(15)16-11(2,3)4;1-6(5-7(11)12)10-8(13)14-9(2,3)4;1-5(7)4-6(9)8(2)3;1-3-2/h5-8,11-13H,9-10H2,1-4H3,(H2,24,28);2-7H,1H3,(H2,17,21)(H,23,24);8H,7H2,1-6H3,(H,12,15);6H,5H2,1-4H3,(H,10,13)(H,11,12);5H,4,7H2,1-3H3;3H,1-2H3/t13-;;8-;6-;5-;/m0.111./s1. The lowest BCUT2D eigenvalue weighted by atomic mass is 9.98. The summed E-state index contributed by atoms with van der Waals surface area (Å²) < 4.78 is 24.6. The first-order valence-corrected chi connectivity index (χ1v) is 31.5. The van der Waals surface area contributed by atoms with Crippen molar-refractivity contribution >= 4 is 70.6 Å². The van der Waals surface area contributed by atoms with Gasteiger partial charge in [-0.25, -0.2) is 54.3 Å². The number of imidazole rings is 2. The van der Waals surface area contributed by atoms with Gasteiger partial charge in [-0.3, -0.25) is 24.0 Å². The third kappa shape index (κ3) is 27.5. The lowest BCUT2D eigenvalue weighted by Crippen LogP contribution is -2.40. The number of nitrogens with one attached hydrogen (secondary N) is 3. The third-order valence-corrected chi connectivity index (χ3v) is 13.0. The second-order valence-electron chi connectivity index (χ2n) is 25.8. The van der Waals surface area contributed by atoms with Crippen LogP contribution in [0.1, 0.15) is 134 Å². The van der Waals surface area contributed by atoms with Gasteiger partial charge in [0.15, 0.2) is 34.5 Å². The van der Waals surface area contributed by atoms with Crippen molar-refractivity contribution in [1.29, 1.82) is 0 Å². The number of oxazole rings is 2. The number of amides is 5. The minimum atomic E-state index is -1.26. The molecule has 11 N–H and O–H groups in total. The van der Waals surface area contributed by atoms with Crippen LogP contribution in [0.25, 0.3) is 57.0 Å². The maximum atomic E-state index is 13.1. The van der Waals surface area contributed by atoms with Crippen LogP contribution in [0.3, 0.4) is 0 Å². The first-order chi connectivity index (χ1) is 46.6. The molecular weight excluding hydrogens is 1290 g/mol. The van der Waals surface area contributed by atoms with E-state index in [1.54, 1.807) is 133 Å². The predicted octanol–water partition coefficient (Wildman–Crippen LogP) is 7.46. The van der Waals surface area contributed by atoms with Gasteiger partial charge in [0.2, 0.25) is 29.5 Å². The Labute approximate surface area is 581 Å². The molecule has 0 fully saturated rings. The number of nitrogens with zero attached hydrogens (tertiary/aromatic N) is 13. The zero-order chi connectivity index (χ0) is 75.7. The van der Waals surface area contributed by atoms with Crippen molar-refractivity contribution in [2.75, 3.05) is 67.8 Å². The highest BCUT2D eigenvalue weighted by Gasteiger charge is 2.27. The molecule has 8 rings (SSSR count). The lowest BCUT2D eigenvalue weighted by molar-refractivity contribution is -0.137. The highest BCUT2D eigenvalue weighted by Crippen LogP contribution is 2.33. The molecule has 0 aliphatic carbocycles. The van der Waals surface area contributed by atoms with E-state index >= 15 is 0 Å². The van der Waals surface area contributed by atoms with Crippen molar-refractivity contribution < 1.29 is 66.9 Å². The minimum absolute atomic E-state index is 0.0111. The van der Waals surface area contributed by atoms with E-state index in [9.17, 15) is 43.5 Å². The summed E-state index contributed by atoms with van der Waals surface area (Å²) >= 11 is 0. The van der Waals surface area contributed by atoms with Crippen LogP contribution in [0.15, 0.2) is 82.8 Å². The Kier molecular flexibility index (Phi) is 31.9. The largest absolute Gasteiger partial charge is 0.481 e. The van der Waals surface area contributed by atoms with E-state index in [1.165, 1.54) is 34.7 Å². The summed E-state index contributed by atoms with van der Waals surface area (Å²) in [6, 6.07) is 6.60. The van der Waals surface area contributed by atoms with Gasteiger partial charge in [-0.1, -0.05) is 6.92 Å². The highest BCUT2D eigenvalue weighted by atomic mass is 16.6. The molecular formula is C67H97N19O14.